The summed E-state index contributed by atoms with van der Waals surface area (Å²) in [5.41, 5.74) is 3.49. The van der Waals surface area contributed by atoms with Crippen molar-refractivity contribution in [1.29, 1.82) is 0 Å². The molecule has 29 heavy (non-hydrogen) atoms. The fourth-order valence-electron chi connectivity index (χ4n) is 3.51. The van der Waals surface area contributed by atoms with Crippen LogP contribution in [-0.4, -0.2) is 23.4 Å². The van der Waals surface area contributed by atoms with Crippen LogP contribution in [0.5, 0.6) is 11.5 Å². The molecule has 0 bridgehead atoms. The maximum absolute atomic E-state index is 12.6. The molecule has 0 spiro atoms. The molecular weight excluding hydrogens is 384 g/mol. The van der Waals surface area contributed by atoms with Gasteiger partial charge in [0.2, 0.25) is 0 Å². The Morgan fingerprint density at radius 1 is 1.10 bits per heavy atom. The molecule has 1 heterocycles. The number of amides is 1. The normalized spacial score (nSPS) is 14.4. The summed E-state index contributed by atoms with van der Waals surface area (Å²) < 4.78 is 5.87. The molecule has 1 aliphatic carbocycles. The lowest BCUT2D eigenvalue weighted by Crippen LogP contribution is -2.26. The molecule has 1 amide bonds. The van der Waals surface area contributed by atoms with Crippen LogP contribution < -0.4 is 10.1 Å². The topological polar surface area (TPSA) is 70.9 Å². The summed E-state index contributed by atoms with van der Waals surface area (Å²) in [5.74, 6) is 1.51. The van der Waals surface area contributed by atoms with Crippen LogP contribution in [0.25, 0.3) is 0 Å². The number of hydrogen-bond acceptors (Lipinski definition) is 5. The van der Waals surface area contributed by atoms with E-state index in [2.05, 4.69) is 10.5 Å². The van der Waals surface area contributed by atoms with E-state index >= 15 is 0 Å². The van der Waals surface area contributed by atoms with Gasteiger partial charge in [0.05, 0.1) is 16.2 Å². The van der Waals surface area contributed by atoms with Crippen molar-refractivity contribution in [2.75, 3.05) is 6.54 Å². The molecule has 0 atom stereocenters. The zero-order valence-electron chi connectivity index (χ0n) is 15.9. The number of ether oxygens (including phenoxy) is 1. The Bertz CT molecular complexity index is 1030. The van der Waals surface area contributed by atoms with Crippen molar-refractivity contribution in [1.82, 2.24) is 5.32 Å². The van der Waals surface area contributed by atoms with Crippen molar-refractivity contribution in [2.24, 2.45) is 5.16 Å². The molecule has 6 heteroatoms. The summed E-state index contributed by atoms with van der Waals surface area (Å²) in [6.07, 6.45) is 3.22. The largest absolute Gasteiger partial charge is 0.457 e. The SMILES string of the molecule is O=C(NCCc1cccc(Oc2ccccc2)c1)c1csc2c1CCC/C2=N/O. The van der Waals surface area contributed by atoms with Gasteiger partial charge in [-0.25, -0.2) is 0 Å². The Morgan fingerprint density at radius 2 is 1.93 bits per heavy atom. The van der Waals surface area contributed by atoms with E-state index in [9.17, 15) is 4.79 Å². The van der Waals surface area contributed by atoms with Gasteiger partial charge in [-0.2, -0.15) is 0 Å². The van der Waals surface area contributed by atoms with Crippen LogP contribution in [0.3, 0.4) is 0 Å². The average Bonchev–Trinajstić information content (AvgIpc) is 3.19. The second kappa shape index (κ2) is 8.92. The third kappa shape index (κ3) is 4.49. The van der Waals surface area contributed by atoms with E-state index in [1.54, 1.807) is 0 Å². The Balaban J connectivity index is 1.35. The first-order chi connectivity index (χ1) is 14.2. The number of hydrogen-bond donors (Lipinski definition) is 2. The summed E-state index contributed by atoms with van der Waals surface area (Å²) in [6, 6.07) is 17.6. The van der Waals surface area contributed by atoms with E-state index in [1.807, 2.05) is 60.0 Å². The minimum absolute atomic E-state index is 0.0709. The zero-order valence-corrected chi connectivity index (χ0v) is 16.7. The number of para-hydroxylation sites is 1. The first kappa shape index (κ1) is 19.2. The lowest BCUT2D eigenvalue weighted by molar-refractivity contribution is 0.0953. The van der Waals surface area contributed by atoms with Crippen LogP contribution in [-0.2, 0) is 12.8 Å². The standard InChI is InChI=1S/C23H22N2O3S/c26-23(20-15-29-22-19(20)10-5-11-21(22)25-27)24-13-12-16-6-4-9-18(14-16)28-17-7-2-1-3-8-17/h1-4,6-9,14-15,27H,5,10-13H2,(H,24,26)/b25-21-. The van der Waals surface area contributed by atoms with E-state index in [4.69, 9.17) is 9.94 Å². The monoisotopic (exact) mass is 406 g/mol. The second-order valence-corrected chi connectivity index (χ2v) is 7.81. The molecule has 0 aliphatic heterocycles. The maximum Gasteiger partial charge on any atom is 0.252 e. The number of carbonyl (C=O) groups excluding carboxylic acids is 1. The van der Waals surface area contributed by atoms with Gasteiger partial charge in [-0.15, -0.1) is 11.3 Å². The van der Waals surface area contributed by atoms with Crippen molar-refractivity contribution < 1.29 is 14.7 Å². The van der Waals surface area contributed by atoms with Crippen molar-refractivity contribution in [3.8, 4) is 11.5 Å². The lowest BCUT2D eigenvalue weighted by atomic mass is 9.94. The van der Waals surface area contributed by atoms with Crippen molar-refractivity contribution >= 4 is 23.0 Å². The molecule has 148 valence electrons. The van der Waals surface area contributed by atoms with Crippen LogP contribution in [0.15, 0.2) is 65.1 Å². The Labute approximate surface area is 173 Å². The predicted octanol–water partition coefficient (Wildman–Crippen LogP) is 5.03. The molecule has 1 aliphatic rings. The average molecular weight is 407 g/mol. The number of oxime groups is 1. The van der Waals surface area contributed by atoms with Gasteiger partial charge in [0.1, 0.15) is 11.5 Å². The number of nitrogens with one attached hydrogen (secondary N) is 1. The highest BCUT2D eigenvalue weighted by atomic mass is 32.1. The number of carbonyl (C=O) groups is 1. The van der Waals surface area contributed by atoms with Crippen LogP contribution in [0, 0.1) is 0 Å². The number of rotatable bonds is 6. The van der Waals surface area contributed by atoms with Crippen LogP contribution in [0.4, 0.5) is 0 Å². The summed E-state index contributed by atoms with van der Waals surface area (Å²) in [7, 11) is 0. The van der Waals surface area contributed by atoms with Gasteiger partial charge in [0.25, 0.3) is 5.91 Å². The van der Waals surface area contributed by atoms with Gasteiger partial charge in [0.15, 0.2) is 0 Å². The van der Waals surface area contributed by atoms with Gasteiger partial charge >= 0.3 is 0 Å². The van der Waals surface area contributed by atoms with Crippen LogP contribution >= 0.6 is 11.3 Å². The summed E-state index contributed by atoms with van der Waals surface area (Å²) in [6.45, 7) is 0.541. The number of nitrogens with zero attached hydrogens (tertiary/aromatic N) is 1. The predicted molar refractivity (Wildman–Crippen MR) is 115 cm³/mol. The highest BCUT2D eigenvalue weighted by Gasteiger charge is 2.24. The zero-order chi connectivity index (χ0) is 20.1. The molecule has 3 aromatic rings. The molecular formula is C23H22N2O3S. The van der Waals surface area contributed by atoms with Crippen molar-refractivity contribution in [2.45, 2.75) is 25.7 Å². The second-order valence-electron chi connectivity index (χ2n) is 6.93. The molecule has 2 N–H and O–H groups in total. The third-order valence-corrected chi connectivity index (χ3v) is 6.01. The first-order valence-corrected chi connectivity index (χ1v) is 10.5. The number of fused-ring (bicyclic) bond motifs is 1. The van der Waals surface area contributed by atoms with Gasteiger partial charge in [-0.1, -0.05) is 35.5 Å². The quantitative estimate of drug-likeness (QED) is 0.446. The van der Waals surface area contributed by atoms with Gasteiger partial charge in [0, 0.05) is 11.9 Å². The first-order valence-electron chi connectivity index (χ1n) is 9.66. The lowest BCUT2D eigenvalue weighted by Gasteiger charge is -2.14. The molecule has 0 radical (unpaired) electrons. The summed E-state index contributed by atoms with van der Waals surface area (Å²) >= 11 is 1.48. The molecule has 4 rings (SSSR count). The van der Waals surface area contributed by atoms with Crippen LogP contribution in [0.2, 0.25) is 0 Å². The Morgan fingerprint density at radius 3 is 2.76 bits per heavy atom. The smallest absolute Gasteiger partial charge is 0.252 e. The van der Waals surface area contributed by atoms with E-state index in [1.165, 1.54) is 11.3 Å². The summed E-state index contributed by atoms with van der Waals surface area (Å²) in [5, 5.41) is 17.4. The Hall–Kier alpha value is -3.12. The highest BCUT2D eigenvalue weighted by molar-refractivity contribution is 7.12. The van der Waals surface area contributed by atoms with E-state index in [0.29, 0.717) is 24.2 Å². The van der Waals surface area contributed by atoms with E-state index in [0.717, 1.165) is 46.8 Å². The molecule has 0 fully saturated rings. The van der Waals surface area contributed by atoms with E-state index < -0.39 is 0 Å². The fraction of sp³-hybridized carbons (Fsp3) is 0.217. The minimum Gasteiger partial charge on any atom is -0.457 e. The fourth-order valence-corrected chi connectivity index (χ4v) is 4.63. The molecule has 2 aromatic carbocycles. The van der Waals surface area contributed by atoms with E-state index in [-0.39, 0.29) is 5.91 Å². The van der Waals surface area contributed by atoms with Crippen molar-refractivity contribution in [3.63, 3.8) is 0 Å². The highest BCUT2D eigenvalue weighted by Crippen LogP contribution is 2.30. The van der Waals surface area contributed by atoms with Crippen LogP contribution in [0.1, 0.15) is 39.2 Å². The van der Waals surface area contributed by atoms with Crippen molar-refractivity contribution in [3.05, 3.63) is 81.5 Å². The summed E-state index contributed by atoms with van der Waals surface area (Å²) in [4.78, 5) is 13.6. The van der Waals surface area contributed by atoms with Gasteiger partial charge < -0.3 is 15.3 Å². The number of thiophene rings is 1. The van der Waals surface area contributed by atoms with Gasteiger partial charge in [-0.3, -0.25) is 4.79 Å². The molecule has 0 unspecified atom stereocenters. The minimum atomic E-state index is -0.0709. The number of benzene rings is 2. The Kier molecular flexibility index (Phi) is 5.91. The molecule has 1 aromatic heterocycles. The molecule has 0 saturated carbocycles. The molecule has 0 saturated heterocycles. The molecule has 5 nitrogen and oxygen atoms in total. The maximum atomic E-state index is 12.6. The van der Waals surface area contributed by atoms with Gasteiger partial charge in [-0.05, 0) is 61.1 Å². The third-order valence-electron chi connectivity index (χ3n) is 4.94.